The quantitative estimate of drug-likeness (QED) is 0.929. The highest BCUT2D eigenvalue weighted by molar-refractivity contribution is 9.10. The predicted octanol–water partition coefficient (Wildman–Crippen LogP) is 3.69. The zero-order valence-electron chi connectivity index (χ0n) is 9.73. The van der Waals surface area contributed by atoms with Crippen molar-refractivity contribution in [3.63, 3.8) is 0 Å². The van der Waals surface area contributed by atoms with Crippen molar-refractivity contribution in [3.8, 4) is 0 Å². The van der Waals surface area contributed by atoms with Gasteiger partial charge in [0.15, 0.2) is 0 Å². The first-order chi connectivity index (χ1) is 8.25. The van der Waals surface area contributed by atoms with Gasteiger partial charge < -0.3 is 5.32 Å². The fraction of sp³-hybridized carbons (Fsp3) is 0.214. The fourth-order valence-electron chi connectivity index (χ4n) is 1.65. The third-order valence-corrected chi connectivity index (χ3v) is 3.16. The lowest BCUT2D eigenvalue weighted by Gasteiger charge is -2.14. The normalized spacial score (nSPS) is 12.4. The number of pyridine rings is 1. The van der Waals surface area contributed by atoms with E-state index in [1.54, 1.807) is 0 Å². The van der Waals surface area contributed by atoms with Crippen LogP contribution < -0.4 is 5.32 Å². The van der Waals surface area contributed by atoms with Gasteiger partial charge in [0.25, 0.3) is 0 Å². The Kier molecular flexibility index (Phi) is 4.29. The maximum absolute atomic E-state index is 4.29. The van der Waals surface area contributed by atoms with Crippen LogP contribution in [0, 0.1) is 0 Å². The van der Waals surface area contributed by atoms with Gasteiger partial charge in [-0.2, -0.15) is 0 Å². The Morgan fingerprint density at radius 1 is 1.24 bits per heavy atom. The molecular formula is C14H15BrN2. The van der Waals surface area contributed by atoms with E-state index in [1.807, 2.05) is 30.5 Å². The van der Waals surface area contributed by atoms with Gasteiger partial charge in [-0.1, -0.05) is 34.1 Å². The number of nitrogens with zero attached hydrogens (tertiary/aromatic N) is 1. The van der Waals surface area contributed by atoms with Crippen molar-refractivity contribution in [1.82, 2.24) is 10.3 Å². The van der Waals surface area contributed by atoms with E-state index in [1.165, 1.54) is 5.56 Å². The summed E-state index contributed by atoms with van der Waals surface area (Å²) >= 11 is 3.49. The number of aromatic nitrogens is 1. The second kappa shape index (κ2) is 5.94. The third kappa shape index (κ3) is 3.65. The van der Waals surface area contributed by atoms with Gasteiger partial charge in [0.05, 0.1) is 5.69 Å². The summed E-state index contributed by atoms with van der Waals surface area (Å²) in [6.45, 7) is 2.94. The van der Waals surface area contributed by atoms with E-state index < -0.39 is 0 Å². The largest absolute Gasteiger partial charge is 0.305 e. The molecule has 0 amide bonds. The van der Waals surface area contributed by atoms with Gasteiger partial charge in [0.2, 0.25) is 0 Å². The lowest BCUT2D eigenvalue weighted by Crippen LogP contribution is -2.18. The standard InChI is InChI=1S/C14H15BrN2/c1-11(12-5-4-6-13(15)9-12)17-10-14-7-2-3-8-16-14/h2-9,11,17H,10H2,1H3/t11-/m1/s1. The molecule has 1 aromatic heterocycles. The van der Waals surface area contributed by atoms with Crippen molar-refractivity contribution in [2.75, 3.05) is 0 Å². The molecule has 0 spiro atoms. The highest BCUT2D eigenvalue weighted by Gasteiger charge is 2.05. The van der Waals surface area contributed by atoms with Crippen LogP contribution in [-0.4, -0.2) is 4.98 Å². The van der Waals surface area contributed by atoms with Gasteiger partial charge in [-0.15, -0.1) is 0 Å². The molecule has 1 heterocycles. The molecule has 0 radical (unpaired) electrons. The zero-order valence-corrected chi connectivity index (χ0v) is 11.3. The Morgan fingerprint density at radius 2 is 2.12 bits per heavy atom. The van der Waals surface area contributed by atoms with Crippen LogP contribution in [-0.2, 0) is 6.54 Å². The molecule has 0 saturated carbocycles. The van der Waals surface area contributed by atoms with Crippen LogP contribution >= 0.6 is 15.9 Å². The van der Waals surface area contributed by atoms with Gasteiger partial charge in [0, 0.05) is 23.3 Å². The molecule has 1 N–H and O–H groups in total. The molecule has 17 heavy (non-hydrogen) atoms. The van der Waals surface area contributed by atoms with Gasteiger partial charge in [-0.05, 0) is 36.8 Å². The average Bonchev–Trinajstić information content (AvgIpc) is 2.37. The summed E-state index contributed by atoms with van der Waals surface area (Å²) in [5.74, 6) is 0. The highest BCUT2D eigenvalue weighted by Crippen LogP contribution is 2.17. The Balaban J connectivity index is 1.96. The van der Waals surface area contributed by atoms with Crippen LogP contribution in [0.1, 0.15) is 24.2 Å². The zero-order chi connectivity index (χ0) is 12.1. The Bertz CT molecular complexity index is 471. The van der Waals surface area contributed by atoms with E-state index in [2.05, 4.69) is 51.4 Å². The molecule has 1 aromatic carbocycles. The Labute approximate surface area is 110 Å². The SMILES string of the molecule is C[C@@H](NCc1ccccn1)c1cccc(Br)c1. The Hall–Kier alpha value is -1.19. The number of halogens is 1. The molecule has 0 bridgehead atoms. The second-order valence-corrected chi connectivity index (χ2v) is 4.89. The van der Waals surface area contributed by atoms with Crippen molar-refractivity contribution in [1.29, 1.82) is 0 Å². The molecule has 0 unspecified atom stereocenters. The van der Waals surface area contributed by atoms with Crippen LogP contribution in [0.5, 0.6) is 0 Å². The van der Waals surface area contributed by atoms with Crippen LogP contribution in [0.3, 0.4) is 0 Å². The summed E-state index contributed by atoms with van der Waals surface area (Å²) in [6, 6.07) is 14.6. The minimum Gasteiger partial charge on any atom is -0.305 e. The predicted molar refractivity (Wildman–Crippen MR) is 73.6 cm³/mol. The fourth-order valence-corrected chi connectivity index (χ4v) is 2.07. The lowest BCUT2D eigenvalue weighted by molar-refractivity contribution is 0.567. The molecule has 1 atom stereocenters. The minimum atomic E-state index is 0.314. The first-order valence-electron chi connectivity index (χ1n) is 5.64. The maximum Gasteiger partial charge on any atom is 0.0541 e. The summed E-state index contributed by atoms with van der Waals surface area (Å²) in [5.41, 5.74) is 2.34. The van der Waals surface area contributed by atoms with E-state index in [9.17, 15) is 0 Å². The molecule has 2 nitrogen and oxygen atoms in total. The summed E-state index contributed by atoms with van der Waals surface area (Å²) in [5, 5.41) is 3.46. The molecule has 0 saturated heterocycles. The average molecular weight is 291 g/mol. The first-order valence-corrected chi connectivity index (χ1v) is 6.44. The van der Waals surface area contributed by atoms with Crippen molar-refractivity contribution in [3.05, 3.63) is 64.4 Å². The minimum absolute atomic E-state index is 0.314. The molecule has 0 aliphatic carbocycles. The lowest BCUT2D eigenvalue weighted by atomic mass is 10.1. The van der Waals surface area contributed by atoms with E-state index in [-0.39, 0.29) is 0 Å². The maximum atomic E-state index is 4.29. The first kappa shape index (κ1) is 12.3. The number of benzene rings is 1. The topological polar surface area (TPSA) is 24.9 Å². The highest BCUT2D eigenvalue weighted by atomic mass is 79.9. The summed E-state index contributed by atoms with van der Waals surface area (Å²) in [7, 11) is 0. The van der Waals surface area contributed by atoms with E-state index in [0.717, 1.165) is 16.7 Å². The van der Waals surface area contributed by atoms with Crippen molar-refractivity contribution in [2.45, 2.75) is 19.5 Å². The van der Waals surface area contributed by atoms with E-state index in [0.29, 0.717) is 6.04 Å². The van der Waals surface area contributed by atoms with E-state index in [4.69, 9.17) is 0 Å². The molecule has 2 aromatic rings. The van der Waals surface area contributed by atoms with Crippen LogP contribution in [0.15, 0.2) is 53.1 Å². The second-order valence-electron chi connectivity index (χ2n) is 3.98. The monoisotopic (exact) mass is 290 g/mol. The number of hydrogen-bond donors (Lipinski definition) is 1. The third-order valence-electron chi connectivity index (χ3n) is 2.66. The van der Waals surface area contributed by atoms with Crippen LogP contribution in [0.25, 0.3) is 0 Å². The number of hydrogen-bond acceptors (Lipinski definition) is 2. The molecule has 2 rings (SSSR count). The smallest absolute Gasteiger partial charge is 0.0541 e. The summed E-state index contributed by atoms with van der Waals surface area (Å²) < 4.78 is 1.11. The molecule has 0 aliphatic rings. The van der Waals surface area contributed by atoms with Crippen LogP contribution in [0.4, 0.5) is 0 Å². The number of rotatable bonds is 4. The van der Waals surface area contributed by atoms with Gasteiger partial charge >= 0.3 is 0 Å². The van der Waals surface area contributed by atoms with Crippen molar-refractivity contribution in [2.24, 2.45) is 0 Å². The van der Waals surface area contributed by atoms with Crippen molar-refractivity contribution < 1.29 is 0 Å². The van der Waals surface area contributed by atoms with Gasteiger partial charge in [-0.25, -0.2) is 0 Å². The molecular weight excluding hydrogens is 276 g/mol. The van der Waals surface area contributed by atoms with Crippen molar-refractivity contribution >= 4 is 15.9 Å². The van der Waals surface area contributed by atoms with E-state index >= 15 is 0 Å². The number of nitrogens with one attached hydrogen (secondary N) is 1. The Morgan fingerprint density at radius 3 is 2.82 bits per heavy atom. The molecule has 0 aliphatic heterocycles. The van der Waals surface area contributed by atoms with Crippen LogP contribution in [0.2, 0.25) is 0 Å². The molecule has 0 fully saturated rings. The molecule has 3 heteroatoms. The van der Waals surface area contributed by atoms with Gasteiger partial charge in [-0.3, -0.25) is 4.98 Å². The summed E-state index contributed by atoms with van der Waals surface area (Å²) in [4.78, 5) is 4.29. The summed E-state index contributed by atoms with van der Waals surface area (Å²) in [6.07, 6.45) is 1.82. The molecule has 88 valence electrons. The van der Waals surface area contributed by atoms with Gasteiger partial charge in [0.1, 0.15) is 0 Å².